The second-order valence-corrected chi connectivity index (χ2v) is 8.65. The van der Waals surface area contributed by atoms with Gasteiger partial charge in [-0.05, 0) is 50.5 Å². The van der Waals surface area contributed by atoms with Gasteiger partial charge in [0.2, 0.25) is 0 Å². The van der Waals surface area contributed by atoms with Gasteiger partial charge in [-0.15, -0.1) is 0 Å². The van der Waals surface area contributed by atoms with Crippen molar-refractivity contribution in [3.05, 3.63) is 107 Å². The molecule has 0 saturated heterocycles. The number of aliphatic hydroxyl groups is 1. The van der Waals surface area contributed by atoms with Crippen molar-refractivity contribution < 1.29 is 9.84 Å². The maximum absolute atomic E-state index is 10.8. The fraction of sp³-hybridized carbons (Fsp3) is 0.148. The van der Waals surface area contributed by atoms with Crippen LogP contribution in [0.5, 0.6) is 5.75 Å². The molecular weight excluding hydrogens is 464 g/mol. The summed E-state index contributed by atoms with van der Waals surface area (Å²) in [6.45, 7) is 0.599. The van der Waals surface area contributed by atoms with Crippen LogP contribution in [0, 0.1) is 0 Å². The van der Waals surface area contributed by atoms with Gasteiger partial charge < -0.3 is 14.4 Å². The Kier molecular flexibility index (Phi) is 5.93. The van der Waals surface area contributed by atoms with E-state index in [9.17, 15) is 5.11 Å². The number of imidazole rings is 1. The monoisotopic (exact) mass is 486 g/mol. The van der Waals surface area contributed by atoms with Crippen LogP contribution >= 0.6 is 15.9 Å². The van der Waals surface area contributed by atoms with E-state index in [1.807, 2.05) is 66.7 Å². The van der Waals surface area contributed by atoms with E-state index in [-0.39, 0.29) is 6.61 Å². The molecule has 1 aromatic heterocycles. The lowest BCUT2D eigenvalue weighted by Crippen LogP contribution is -2.24. The maximum Gasteiger partial charge on any atom is 0.134 e. The summed E-state index contributed by atoms with van der Waals surface area (Å²) in [6.07, 6.45) is 0.0276. The van der Waals surface area contributed by atoms with E-state index < -0.39 is 6.10 Å². The van der Waals surface area contributed by atoms with Crippen LogP contribution in [0.3, 0.4) is 0 Å². The Hall–Kier alpha value is -3.15. The summed E-state index contributed by atoms with van der Waals surface area (Å²) in [5.41, 5.74) is 3.14. The van der Waals surface area contributed by atoms with E-state index in [2.05, 4.69) is 44.8 Å². The average molecular weight is 487 g/mol. The van der Waals surface area contributed by atoms with E-state index >= 15 is 0 Å². The van der Waals surface area contributed by atoms with Crippen molar-refractivity contribution in [1.82, 2.24) is 9.55 Å². The molecule has 0 aliphatic carbocycles. The molecule has 1 atom stereocenters. The minimum Gasteiger partial charge on any atom is -0.490 e. The van der Waals surface area contributed by atoms with Crippen molar-refractivity contribution in [3.63, 3.8) is 0 Å². The van der Waals surface area contributed by atoms with E-state index in [1.54, 1.807) is 0 Å². The van der Waals surface area contributed by atoms with E-state index in [4.69, 9.17) is 9.72 Å². The predicted molar refractivity (Wildman–Crippen MR) is 132 cm³/mol. The third kappa shape index (κ3) is 4.27. The highest BCUT2D eigenvalue weighted by Gasteiger charge is 2.16. The Balaban J connectivity index is 1.36. The van der Waals surface area contributed by atoms with Crippen LogP contribution in [0.1, 0.15) is 11.4 Å². The lowest BCUT2D eigenvalue weighted by molar-refractivity contribution is 0.0925. The van der Waals surface area contributed by atoms with Crippen LogP contribution in [0.15, 0.2) is 95.5 Å². The van der Waals surface area contributed by atoms with Crippen molar-refractivity contribution in [1.29, 1.82) is 0 Å². The molecule has 5 heteroatoms. The van der Waals surface area contributed by atoms with E-state index in [1.165, 1.54) is 5.56 Å². The lowest BCUT2D eigenvalue weighted by atomic mass is 10.1. The van der Waals surface area contributed by atoms with Crippen LogP contribution in [0.2, 0.25) is 0 Å². The minimum atomic E-state index is -0.680. The fourth-order valence-corrected chi connectivity index (χ4v) is 4.62. The molecule has 4 aromatic carbocycles. The van der Waals surface area contributed by atoms with Crippen molar-refractivity contribution in [3.8, 4) is 5.75 Å². The SMILES string of the molecule is O[C@H](COc1ccc2ccccc2c1Br)Cn1c(Cc2ccccc2)nc2ccccc21. The Bertz CT molecular complexity index is 1360. The third-order valence-electron chi connectivity index (χ3n) is 5.59. The molecule has 0 unspecified atom stereocenters. The third-order valence-corrected chi connectivity index (χ3v) is 6.41. The number of hydrogen-bond donors (Lipinski definition) is 1. The zero-order valence-corrected chi connectivity index (χ0v) is 19.1. The van der Waals surface area contributed by atoms with Crippen molar-refractivity contribution in [2.24, 2.45) is 0 Å². The standard InChI is InChI=1S/C27H23BrN2O2/c28-27-22-11-5-4-10-20(22)14-15-25(27)32-18-21(31)17-30-24-13-7-6-12-23(24)29-26(30)16-19-8-2-1-3-9-19/h1-15,21,31H,16-18H2/t21-/m0/s1. The first-order chi connectivity index (χ1) is 15.7. The molecule has 5 rings (SSSR count). The van der Waals surface area contributed by atoms with Crippen molar-refractivity contribution in [2.75, 3.05) is 6.61 Å². The summed E-state index contributed by atoms with van der Waals surface area (Å²) in [7, 11) is 0. The van der Waals surface area contributed by atoms with Crippen LogP contribution in [-0.4, -0.2) is 27.4 Å². The molecule has 0 aliphatic rings. The summed E-state index contributed by atoms with van der Waals surface area (Å²) in [5, 5.41) is 13.1. The van der Waals surface area contributed by atoms with E-state index in [0.717, 1.165) is 37.9 Å². The Morgan fingerprint density at radius 1 is 0.875 bits per heavy atom. The predicted octanol–water partition coefficient (Wildman–Crippen LogP) is 5.98. The number of ether oxygens (including phenoxy) is 1. The molecule has 0 fully saturated rings. The molecule has 0 bridgehead atoms. The van der Waals surface area contributed by atoms with Gasteiger partial charge in [-0.3, -0.25) is 0 Å². The molecule has 0 spiro atoms. The number of aromatic nitrogens is 2. The normalized spacial score (nSPS) is 12.3. The van der Waals surface area contributed by atoms with Crippen molar-refractivity contribution >= 4 is 37.7 Å². The average Bonchev–Trinajstić information content (AvgIpc) is 3.16. The van der Waals surface area contributed by atoms with Crippen LogP contribution in [-0.2, 0) is 13.0 Å². The molecule has 1 N–H and O–H groups in total. The molecule has 0 radical (unpaired) electrons. The number of nitrogens with zero attached hydrogens (tertiary/aromatic N) is 2. The summed E-state index contributed by atoms with van der Waals surface area (Å²) in [4.78, 5) is 4.83. The van der Waals surface area contributed by atoms with Gasteiger partial charge in [0, 0.05) is 6.42 Å². The van der Waals surface area contributed by atoms with Crippen LogP contribution in [0.4, 0.5) is 0 Å². The fourth-order valence-electron chi connectivity index (χ4n) is 4.02. The molecule has 160 valence electrons. The van der Waals surface area contributed by atoms with Gasteiger partial charge >= 0.3 is 0 Å². The summed E-state index contributed by atoms with van der Waals surface area (Å²) in [6, 6.07) is 30.4. The van der Waals surface area contributed by atoms with Crippen LogP contribution < -0.4 is 4.74 Å². The van der Waals surface area contributed by atoms with Gasteiger partial charge in [0.15, 0.2) is 0 Å². The van der Waals surface area contributed by atoms with Crippen LogP contribution in [0.25, 0.3) is 21.8 Å². The summed E-state index contributed by atoms with van der Waals surface area (Å²) >= 11 is 3.65. The molecule has 4 nitrogen and oxygen atoms in total. The van der Waals surface area contributed by atoms with Gasteiger partial charge in [0.05, 0.1) is 22.1 Å². The van der Waals surface area contributed by atoms with E-state index in [0.29, 0.717) is 13.0 Å². The first-order valence-corrected chi connectivity index (χ1v) is 11.4. The van der Waals surface area contributed by atoms with Gasteiger partial charge in [-0.1, -0.05) is 72.8 Å². The zero-order valence-electron chi connectivity index (χ0n) is 17.5. The number of benzene rings is 4. The molecule has 0 amide bonds. The number of aliphatic hydroxyl groups excluding tert-OH is 1. The molecule has 32 heavy (non-hydrogen) atoms. The molecule has 0 aliphatic heterocycles. The van der Waals surface area contributed by atoms with Gasteiger partial charge in [-0.2, -0.15) is 0 Å². The highest BCUT2D eigenvalue weighted by Crippen LogP contribution is 2.33. The summed E-state index contributed by atoms with van der Waals surface area (Å²) < 4.78 is 9.00. The first-order valence-electron chi connectivity index (χ1n) is 10.7. The smallest absolute Gasteiger partial charge is 0.134 e. The highest BCUT2D eigenvalue weighted by atomic mass is 79.9. The Labute approximate surface area is 195 Å². The zero-order chi connectivity index (χ0) is 21.9. The molecular formula is C27H23BrN2O2. The topological polar surface area (TPSA) is 47.3 Å². The molecule has 5 aromatic rings. The number of hydrogen-bond acceptors (Lipinski definition) is 3. The molecule has 0 saturated carbocycles. The first kappa shape index (κ1) is 20.7. The number of fused-ring (bicyclic) bond motifs is 2. The van der Waals surface area contributed by atoms with Gasteiger partial charge in [-0.25, -0.2) is 4.98 Å². The second kappa shape index (κ2) is 9.15. The lowest BCUT2D eigenvalue weighted by Gasteiger charge is -2.17. The van der Waals surface area contributed by atoms with Gasteiger partial charge in [0.1, 0.15) is 24.3 Å². The highest BCUT2D eigenvalue weighted by molar-refractivity contribution is 9.10. The van der Waals surface area contributed by atoms with Crippen molar-refractivity contribution in [2.45, 2.75) is 19.1 Å². The number of para-hydroxylation sites is 2. The Morgan fingerprint density at radius 2 is 1.62 bits per heavy atom. The number of rotatable bonds is 7. The second-order valence-electron chi connectivity index (χ2n) is 7.85. The maximum atomic E-state index is 10.8. The van der Waals surface area contributed by atoms with Gasteiger partial charge in [0.25, 0.3) is 0 Å². The minimum absolute atomic E-state index is 0.189. The number of halogens is 1. The summed E-state index contributed by atoms with van der Waals surface area (Å²) in [5.74, 6) is 1.66. The quantitative estimate of drug-likeness (QED) is 0.307. The Morgan fingerprint density at radius 3 is 2.50 bits per heavy atom. The molecule has 1 heterocycles. The largest absolute Gasteiger partial charge is 0.490 e.